The van der Waals surface area contributed by atoms with Crippen LogP contribution >= 0.6 is 23.2 Å². The third-order valence-corrected chi connectivity index (χ3v) is 9.72. The molecule has 1 N–H and O–H groups in total. The predicted octanol–water partition coefficient (Wildman–Crippen LogP) is 4.78. The molecule has 11 heteroatoms. The normalized spacial score (nSPS) is 17.7. The molecule has 2 aromatic carbocycles. The molecule has 1 atom stereocenters. The Labute approximate surface area is 233 Å². The van der Waals surface area contributed by atoms with E-state index in [9.17, 15) is 22.8 Å². The summed E-state index contributed by atoms with van der Waals surface area (Å²) < 4.78 is 26.6. The third-order valence-electron chi connectivity index (χ3n) is 7.17. The molecule has 4 rings (SSSR count). The lowest BCUT2D eigenvalue weighted by Gasteiger charge is -2.33. The maximum atomic E-state index is 13.6. The Kier molecular flexibility index (Phi) is 9.00. The van der Waals surface area contributed by atoms with Gasteiger partial charge in [-0.1, -0.05) is 67.6 Å². The van der Waals surface area contributed by atoms with E-state index < -0.39 is 27.9 Å². The van der Waals surface area contributed by atoms with Crippen molar-refractivity contribution in [3.05, 3.63) is 63.6 Å². The Morgan fingerprint density at radius 1 is 1.05 bits per heavy atom. The molecule has 0 bridgehead atoms. The van der Waals surface area contributed by atoms with Crippen LogP contribution in [0.4, 0.5) is 0 Å². The fourth-order valence-corrected chi connectivity index (χ4v) is 7.20. The molecular formula is C27H31Cl2N3O5S. The van der Waals surface area contributed by atoms with Crippen molar-refractivity contribution in [1.29, 1.82) is 0 Å². The quantitative estimate of drug-likeness (QED) is 0.460. The highest BCUT2D eigenvalue weighted by Crippen LogP contribution is 2.31. The Hall–Kier alpha value is -2.62. The number of carbonyl (C=O) groups excluding carboxylic acids is 3. The van der Waals surface area contributed by atoms with Crippen LogP contribution in [0.3, 0.4) is 0 Å². The van der Waals surface area contributed by atoms with Crippen molar-refractivity contribution in [2.75, 3.05) is 6.54 Å². The minimum Gasteiger partial charge on any atom is -0.352 e. The molecule has 204 valence electrons. The van der Waals surface area contributed by atoms with E-state index in [2.05, 4.69) is 5.32 Å². The van der Waals surface area contributed by atoms with E-state index in [0.717, 1.165) is 36.4 Å². The SMILES string of the molecule is CCC(C(=O)NC1CCCCC1)N(Cc1c(Cl)cccc1Cl)C(=O)CCN1C(=O)c2ccccc2S1(=O)=O. The highest BCUT2D eigenvalue weighted by molar-refractivity contribution is 7.90. The lowest BCUT2D eigenvalue weighted by molar-refractivity contribution is -0.141. The number of halogens is 2. The van der Waals surface area contributed by atoms with Crippen molar-refractivity contribution in [2.45, 2.75) is 75.4 Å². The number of nitrogens with zero attached hydrogens (tertiary/aromatic N) is 2. The molecule has 1 aliphatic heterocycles. The van der Waals surface area contributed by atoms with Gasteiger partial charge in [0.2, 0.25) is 11.8 Å². The molecule has 1 heterocycles. The molecular weight excluding hydrogens is 549 g/mol. The fraction of sp³-hybridized carbons (Fsp3) is 0.444. The summed E-state index contributed by atoms with van der Waals surface area (Å²) in [7, 11) is -4.06. The average Bonchev–Trinajstić information content (AvgIpc) is 3.09. The van der Waals surface area contributed by atoms with Gasteiger partial charge in [-0.2, -0.15) is 0 Å². The van der Waals surface area contributed by atoms with Crippen LogP contribution in [0, 0.1) is 0 Å². The van der Waals surface area contributed by atoms with Gasteiger partial charge in [-0.05, 0) is 43.5 Å². The molecule has 0 spiro atoms. The van der Waals surface area contributed by atoms with E-state index in [0.29, 0.717) is 22.0 Å². The monoisotopic (exact) mass is 579 g/mol. The number of fused-ring (bicyclic) bond motifs is 1. The number of hydrogen-bond acceptors (Lipinski definition) is 5. The number of benzene rings is 2. The van der Waals surface area contributed by atoms with Gasteiger partial charge in [0, 0.05) is 41.2 Å². The molecule has 1 saturated carbocycles. The van der Waals surface area contributed by atoms with Crippen molar-refractivity contribution in [2.24, 2.45) is 0 Å². The van der Waals surface area contributed by atoms with E-state index in [-0.39, 0.29) is 41.9 Å². The summed E-state index contributed by atoms with van der Waals surface area (Å²) in [5, 5.41) is 3.80. The van der Waals surface area contributed by atoms with Gasteiger partial charge >= 0.3 is 0 Å². The second kappa shape index (κ2) is 12.1. The maximum absolute atomic E-state index is 13.6. The van der Waals surface area contributed by atoms with Crippen molar-refractivity contribution in [1.82, 2.24) is 14.5 Å². The summed E-state index contributed by atoms with van der Waals surface area (Å²) in [6.45, 7) is 1.43. The van der Waals surface area contributed by atoms with Crippen molar-refractivity contribution in [3.8, 4) is 0 Å². The molecule has 8 nitrogen and oxygen atoms in total. The van der Waals surface area contributed by atoms with Crippen LogP contribution in [0.1, 0.15) is 67.8 Å². The average molecular weight is 581 g/mol. The van der Waals surface area contributed by atoms with Crippen molar-refractivity contribution < 1.29 is 22.8 Å². The first kappa shape index (κ1) is 28.4. The highest BCUT2D eigenvalue weighted by atomic mass is 35.5. The molecule has 0 saturated heterocycles. The third kappa shape index (κ3) is 5.84. The summed E-state index contributed by atoms with van der Waals surface area (Å²) in [5.74, 6) is -1.42. The van der Waals surface area contributed by atoms with Gasteiger partial charge < -0.3 is 10.2 Å². The number of nitrogens with one attached hydrogen (secondary N) is 1. The first-order chi connectivity index (χ1) is 18.1. The summed E-state index contributed by atoms with van der Waals surface area (Å²) in [5.41, 5.74) is 0.573. The first-order valence-electron chi connectivity index (χ1n) is 12.8. The summed E-state index contributed by atoms with van der Waals surface area (Å²) in [4.78, 5) is 41.2. The number of hydrogen-bond donors (Lipinski definition) is 1. The molecule has 2 aliphatic rings. The van der Waals surface area contributed by atoms with E-state index in [1.807, 2.05) is 6.92 Å². The second-order valence-corrected chi connectivity index (χ2v) is 12.3. The van der Waals surface area contributed by atoms with Crippen LogP contribution in [0.25, 0.3) is 0 Å². The largest absolute Gasteiger partial charge is 0.352 e. The lowest BCUT2D eigenvalue weighted by atomic mass is 9.95. The first-order valence-corrected chi connectivity index (χ1v) is 15.0. The van der Waals surface area contributed by atoms with Crippen LogP contribution in [-0.2, 0) is 26.2 Å². The molecule has 2 aromatic rings. The van der Waals surface area contributed by atoms with Gasteiger partial charge in [-0.15, -0.1) is 0 Å². The molecule has 38 heavy (non-hydrogen) atoms. The van der Waals surface area contributed by atoms with Crippen LogP contribution in [0.2, 0.25) is 10.0 Å². The van der Waals surface area contributed by atoms with Gasteiger partial charge in [-0.3, -0.25) is 14.4 Å². The van der Waals surface area contributed by atoms with E-state index >= 15 is 0 Å². The van der Waals surface area contributed by atoms with Gasteiger partial charge in [0.25, 0.3) is 15.9 Å². The molecule has 1 unspecified atom stereocenters. The van der Waals surface area contributed by atoms with Crippen LogP contribution in [0.15, 0.2) is 47.4 Å². The zero-order valence-corrected chi connectivity index (χ0v) is 23.5. The van der Waals surface area contributed by atoms with Crippen molar-refractivity contribution in [3.63, 3.8) is 0 Å². The molecule has 0 aromatic heterocycles. The van der Waals surface area contributed by atoms with E-state index in [4.69, 9.17) is 23.2 Å². The smallest absolute Gasteiger partial charge is 0.269 e. The summed E-state index contributed by atoms with van der Waals surface area (Å²) >= 11 is 12.8. The fourth-order valence-electron chi connectivity index (χ4n) is 5.11. The molecule has 0 radical (unpaired) electrons. The Morgan fingerprint density at radius 3 is 2.34 bits per heavy atom. The predicted molar refractivity (Wildman–Crippen MR) is 145 cm³/mol. The summed E-state index contributed by atoms with van der Waals surface area (Å²) in [6, 6.07) is 10.2. The van der Waals surface area contributed by atoms with Crippen molar-refractivity contribution >= 4 is 50.9 Å². The standard InChI is InChI=1S/C27H31Cl2N3O5S/c1-2-23(26(34)30-18-9-4-3-5-10-18)31(17-20-21(28)12-8-13-22(20)29)25(33)15-16-32-27(35)19-11-6-7-14-24(19)38(32,36)37/h6-8,11-14,18,23H,2-5,9-10,15-17H2,1H3,(H,30,34). The van der Waals surface area contributed by atoms with Crippen LogP contribution < -0.4 is 5.32 Å². The van der Waals surface area contributed by atoms with Gasteiger partial charge in [0.15, 0.2) is 0 Å². The summed E-state index contributed by atoms with van der Waals surface area (Å²) in [6.07, 6.45) is 5.04. The zero-order valence-electron chi connectivity index (χ0n) is 21.2. The Bertz CT molecular complexity index is 1310. The number of rotatable bonds is 9. The van der Waals surface area contributed by atoms with Crippen LogP contribution in [-0.4, -0.2) is 54.0 Å². The van der Waals surface area contributed by atoms with E-state index in [1.54, 1.807) is 30.3 Å². The topological polar surface area (TPSA) is 104 Å². The number of sulfonamides is 1. The molecule has 1 fully saturated rings. The Morgan fingerprint density at radius 2 is 1.71 bits per heavy atom. The highest BCUT2D eigenvalue weighted by Gasteiger charge is 2.41. The second-order valence-electron chi connectivity index (χ2n) is 9.62. The molecule has 1 aliphatic carbocycles. The lowest BCUT2D eigenvalue weighted by Crippen LogP contribution is -2.52. The maximum Gasteiger partial charge on any atom is 0.269 e. The minimum atomic E-state index is -4.06. The van der Waals surface area contributed by atoms with Gasteiger partial charge in [0.1, 0.15) is 10.9 Å². The zero-order chi connectivity index (χ0) is 27.4. The molecule has 3 amide bonds. The number of carbonyl (C=O) groups is 3. The van der Waals surface area contributed by atoms with E-state index in [1.165, 1.54) is 17.0 Å². The Balaban J connectivity index is 1.57. The van der Waals surface area contributed by atoms with Gasteiger partial charge in [-0.25, -0.2) is 12.7 Å². The number of amides is 3. The van der Waals surface area contributed by atoms with Gasteiger partial charge in [0.05, 0.1) is 5.56 Å². The minimum absolute atomic E-state index is 0.0329. The van der Waals surface area contributed by atoms with Crippen LogP contribution in [0.5, 0.6) is 0 Å².